The van der Waals surface area contributed by atoms with Crippen LogP contribution in [0, 0.1) is 5.92 Å². The molecule has 0 atom stereocenters. The molecule has 1 aliphatic rings. The van der Waals surface area contributed by atoms with Crippen molar-refractivity contribution in [3.63, 3.8) is 0 Å². The molecule has 1 rings (SSSR count). The molecule has 0 N–H and O–H groups in total. The second-order valence-corrected chi connectivity index (χ2v) is 7.17. The zero-order chi connectivity index (χ0) is 15.0. The molecule has 0 heterocycles. The maximum Gasteiger partial charge on any atom is -0.0348 e. The molecule has 0 bridgehead atoms. The Hall–Kier alpha value is -0.260. The Morgan fingerprint density at radius 3 is 1.90 bits per heavy atom. The van der Waals surface area contributed by atoms with Gasteiger partial charge in [0, 0.05) is 0 Å². The molecule has 0 radical (unpaired) electrons. The van der Waals surface area contributed by atoms with Crippen LogP contribution in [0.25, 0.3) is 0 Å². The fourth-order valence-electron chi connectivity index (χ4n) is 3.62. The van der Waals surface area contributed by atoms with Crippen molar-refractivity contribution in [2.24, 2.45) is 5.92 Å². The Morgan fingerprint density at radius 2 is 1.24 bits per heavy atom. The van der Waals surface area contributed by atoms with Crippen molar-refractivity contribution < 1.29 is 0 Å². The molecule has 0 unspecified atom stereocenters. The summed E-state index contributed by atoms with van der Waals surface area (Å²) in [6.45, 7) is 2.29. The first-order valence-corrected chi connectivity index (χ1v) is 10.1. The van der Waals surface area contributed by atoms with E-state index in [4.69, 9.17) is 0 Å². The van der Waals surface area contributed by atoms with Crippen LogP contribution in [0.2, 0.25) is 0 Å². The molecule has 1 fully saturated rings. The summed E-state index contributed by atoms with van der Waals surface area (Å²) in [5.74, 6) is 1.05. The monoisotopic (exact) mass is 292 g/mol. The van der Waals surface area contributed by atoms with E-state index in [9.17, 15) is 0 Å². The summed E-state index contributed by atoms with van der Waals surface area (Å²) in [5, 5.41) is 0. The van der Waals surface area contributed by atoms with E-state index in [1.807, 2.05) is 0 Å². The van der Waals surface area contributed by atoms with Crippen LogP contribution in [0.4, 0.5) is 0 Å². The van der Waals surface area contributed by atoms with E-state index in [1.165, 1.54) is 109 Å². The van der Waals surface area contributed by atoms with Crippen molar-refractivity contribution in [1.29, 1.82) is 0 Å². The van der Waals surface area contributed by atoms with Crippen LogP contribution in [0.15, 0.2) is 12.2 Å². The van der Waals surface area contributed by atoms with Crippen molar-refractivity contribution in [2.75, 3.05) is 0 Å². The van der Waals surface area contributed by atoms with Gasteiger partial charge in [0.25, 0.3) is 0 Å². The van der Waals surface area contributed by atoms with E-state index >= 15 is 0 Å². The van der Waals surface area contributed by atoms with Gasteiger partial charge in [-0.3, -0.25) is 0 Å². The van der Waals surface area contributed by atoms with Gasteiger partial charge in [-0.1, -0.05) is 103 Å². The zero-order valence-electron chi connectivity index (χ0n) is 14.8. The normalized spacial score (nSPS) is 16.8. The second kappa shape index (κ2) is 14.7. The van der Waals surface area contributed by atoms with Crippen LogP contribution in [0.5, 0.6) is 0 Å². The van der Waals surface area contributed by atoms with Crippen molar-refractivity contribution in [3.05, 3.63) is 12.2 Å². The summed E-state index contributed by atoms with van der Waals surface area (Å²) in [6.07, 6.45) is 29.5. The van der Waals surface area contributed by atoms with Gasteiger partial charge in [0.1, 0.15) is 0 Å². The quantitative estimate of drug-likeness (QED) is 0.240. The van der Waals surface area contributed by atoms with Crippen molar-refractivity contribution >= 4 is 0 Å². The Bertz CT molecular complexity index is 222. The number of rotatable bonds is 13. The lowest BCUT2D eigenvalue weighted by Crippen LogP contribution is -2.05. The van der Waals surface area contributed by atoms with E-state index in [1.54, 1.807) is 0 Å². The molecular weight excluding hydrogens is 252 g/mol. The molecule has 0 heteroatoms. The van der Waals surface area contributed by atoms with Gasteiger partial charge >= 0.3 is 0 Å². The lowest BCUT2D eigenvalue weighted by atomic mass is 9.86. The van der Waals surface area contributed by atoms with Crippen LogP contribution in [-0.4, -0.2) is 0 Å². The van der Waals surface area contributed by atoms with E-state index < -0.39 is 0 Å². The van der Waals surface area contributed by atoms with Gasteiger partial charge in [0.05, 0.1) is 0 Å². The third-order valence-electron chi connectivity index (χ3n) is 5.11. The van der Waals surface area contributed by atoms with Crippen molar-refractivity contribution in [3.8, 4) is 0 Å². The standard InChI is InChI=1S/C21H40/c1-2-3-4-5-6-7-8-9-10-11-12-13-15-18-21-19-16-14-17-20-21/h12-13,21H,2-11,14-20H2,1H3/b13-12+. The third kappa shape index (κ3) is 12.0. The molecule has 0 aromatic carbocycles. The van der Waals surface area contributed by atoms with Gasteiger partial charge in [-0.15, -0.1) is 0 Å². The number of allylic oxidation sites excluding steroid dienone is 2. The first-order chi connectivity index (χ1) is 10.4. The predicted molar refractivity (Wildman–Crippen MR) is 96.8 cm³/mol. The summed E-state index contributed by atoms with van der Waals surface area (Å²) >= 11 is 0. The van der Waals surface area contributed by atoms with E-state index in [-0.39, 0.29) is 0 Å². The smallest absolute Gasteiger partial charge is 0.0348 e. The Balaban J connectivity index is 1.76. The highest BCUT2D eigenvalue weighted by Crippen LogP contribution is 2.27. The largest absolute Gasteiger partial charge is 0.0885 e. The van der Waals surface area contributed by atoms with Crippen LogP contribution in [-0.2, 0) is 0 Å². The summed E-state index contributed by atoms with van der Waals surface area (Å²) < 4.78 is 0. The van der Waals surface area contributed by atoms with Crippen LogP contribution >= 0.6 is 0 Å². The van der Waals surface area contributed by atoms with Gasteiger partial charge < -0.3 is 0 Å². The van der Waals surface area contributed by atoms with Crippen LogP contribution in [0.1, 0.15) is 116 Å². The fourth-order valence-corrected chi connectivity index (χ4v) is 3.62. The zero-order valence-corrected chi connectivity index (χ0v) is 14.8. The average Bonchev–Trinajstić information content (AvgIpc) is 2.53. The first kappa shape index (κ1) is 18.8. The SMILES string of the molecule is CCCCCCCCCCC/C=C/CCC1CCCCC1. The van der Waals surface area contributed by atoms with Crippen LogP contribution in [0.3, 0.4) is 0 Å². The second-order valence-electron chi connectivity index (χ2n) is 7.17. The predicted octanol–water partition coefficient (Wildman–Crippen LogP) is 7.82. The van der Waals surface area contributed by atoms with Gasteiger partial charge in [-0.25, -0.2) is 0 Å². The number of hydrogen-bond donors (Lipinski definition) is 0. The molecule has 0 spiro atoms. The average molecular weight is 293 g/mol. The molecule has 0 amide bonds. The van der Waals surface area contributed by atoms with Crippen molar-refractivity contribution in [1.82, 2.24) is 0 Å². The lowest BCUT2D eigenvalue weighted by molar-refractivity contribution is 0.341. The topological polar surface area (TPSA) is 0 Å². The minimum atomic E-state index is 1.05. The molecule has 1 saturated carbocycles. The minimum Gasteiger partial charge on any atom is -0.0885 e. The molecule has 0 nitrogen and oxygen atoms in total. The highest BCUT2D eigenvalue weighted by molar-refractivity contribution is 4.82. The number of unbranched alkanes of at least 4 members (excludes halogenated alkanes) is 9. The first-order valence-electron chi connectivity index (χ1n) is 10.1. The molecule has 0 aliphatic heterocycles. The van der Waals surface area contributed by atoms with E-state index in [0.717, 1.165) is 5.92 Å². The molecule has 1 aliphatic carbocycles. The highest BCUT2D eigenvalue weighted by Gasteiger charge is 2.11. The summed E-state index contributed by atoms with van der Waals surface area (Å²) in [6, 6.07) is 0. The number of hydrogen-bond acceptors (Lipinski definition) is 0. The Labute approximate surface area is 134 Å². The molecule has 124 valence electrons. The minimum absolute atomic E-state index is 1.05. The van der Waals surface area contributed by atoms with Crippen LogP contribution < -0.4 is 0 Å². The summed E-state index contributed by atoms with van der Waals surface area (Å²) in [7, 11) is 0. The maximum absolute atomic E-state index is 2.46. The van der Waals surface area contributed by atoms with Crippen molar-refractivity contribution in [2.45, 2.75) is 116 Å². The molecule has 0 aromatic heterocycles. The summed E-state index contributed by atoms with van der Waals surface area (Å²) in [5.41, 5.74) is 0. The maximum atomic E-state index is 2.46. The molecule has 0 saturated heterocycles. The molecular formula is C21H40. The Kier molecular flexibility index (Phi) is 13.1. The lowest BCUT2D eigenvalue weighted by Gasteiger charge is -2.20. The van der Waals surface area contributed by atoms with Gasteiger partial charge in [0.15, 0.2) is 0 Å². The molecule has 21 heavy (non-hydrogen) atoms. The Morgan fingerprint density at radius 1 is 0.667 bits per heavy atom. The van der Waals surface area contributed by atoms with Gasteiger partial charge in [-0.2, -0.15) is 0 Å². The van der Waals surface area contributed by atoms with E-state index in [0.29, 0.717) is 0 Å². The highest BCUT2D eigenvalue weighted by atomic mass is 14.2. The van der Waals surface area contributed by atoms with Gasteiger partial charge in [0.2, 0.25) is 0 Å². The van der Waals surface area contributed by atoms with Gasteiger partial charge in [-0.05, 0) is 31.6 Å². The fraction of sp³-hybridized carbons (Fsp3) is 0.905. The van der Waals surface area contributed by atoms with E-state index in [2.05, 4.69) is 19.1 Å². The molecule has 0 aromatic rings. The summed E-state index contributed by atoms with van der Waals surface area (Å²) in [4.78, 5) is 0. The third-order valence-corrected chi connectivity index (χ3v) is 5.11.